The van der Waals surface area contributed by atoms with E-state index in [4.69, 9.17) is 25.8 Å². The van der Waals surface area contributed by atoms with Gasteiger partial charge in [-0.3, -0.25) is 0 Å². The summed E-state index contributed by atoms with van der Waals surface area (Å²) in [5.74, 6) is -1.58. The number of carbonyl (C=O) groups is 2. The van der Waals surface area contributed by atoms with Crippen molar-refractivity contribution >= 4 is 29.4 Å². The molecule has 1 aromatic carbocycles. The molecule has 0 spiro atoms. The summed E-state index contributed by atoms with van der Waals surface area (Å²) in [5, 5.41) is 0. The van der Waals surface area contributed by atoms with Gasteiger partial charge in [-0.2, -0.15) is 0 Å². The molecule has 0 aromatic heterocycles. The molecule has 1 unspecified atom stereocenters. The van der Waals surface area contributed by atoms with Gasteiger partial charge in [-0.1, -0.05) is 30.3 Å². The Labute approximate surface area is 157 Å². The van der Waals surface area contributed by atoms with Crippen molar-refractivity contribution in [1.29, 1.82) is 0 Å². The number of rotatable bonds is 4. The van der Waals surface area contributed by atoms with Crippen LogP contribution in [0.5, 0.6) is 0 Å². The molecule has 0 fully saturated rings. The van der Waals surface area contributed by atoms with Crippen molar-refractivity contribution in [2.24, 2.45) is 4.99 Å². The van der Waals surface area contributed by atoms with E-state index in [9.17, 15) is 9.59 Å². The summed E-state index contributed by atoms with van der Waals surface area (Å²) in [6.45, 7) is 5.54. The quantitative estimate of drug-likeness (QED) is 0.594. The lowest BCUT2D eigenvalue weighted by Crippen LogP contribution is -2.35. The second-order valence-corrected chi connectivity index (χ2v) is 7.02. The van der Waals surface area contributed by atoms with Crippen LogP contribution in [0.25, 0.3) is 0 Å². The number of hydrogen-bond donors (Lipinski definition) is 0. The maximum Gasteiger partial charge on any atom is 0.344 e. The zero-order valence-corrected chi connectivity index (χ0v) is 16.2. The van der Waals surface area contributed by atoms with E-state index in [1.54, 1.807) is 24.3 Å². The van der Waals surface area contributed by atoms with Gasteiger partial charge < -0.3 is 14.2 Å². The Morgan fingerprint density at radius 2 is 1.69 bits per heavy atom. The van der Waals surface area contributed by atoms with Crippen LogP contribution in [0.3, 0.4) is 0 Å². The van der Waals surface area contributed by atoms with Crippen molar-refractivity contribution in [2.75, 3.05) is 20.1 Å². The maximum atomic E-state index is 12.6. The molecule has 26 heavy (non-hydrogen) atoms. The summed E-state index contributed by atoms with van der Waals surface area (Å²) in [6, 6.07) is 8.94. The number of carbonyl (C=O) groups excluding carboxylic acids is 2. The second-order valence-electron chi connectivity index (χ2n) is 6.75. The number of halogens is 1. The van der Waals surface area contributed by atoms with Crippen LogP contribution < -0.4 is 0 Å². The number of hydrogen-bond acceptors (Lipinski definition) is 6. The number of methoxy groups -OCH3 is 2. The lowest BCUT2D eigenvalue weighted by atomic mass is 9.86. The summed E-state index contributed by atoms with van der Waals surface area (Å²) in [4.78, 5) is 29.6. The Bertz CT molecular complexity index is 764. The van der Waals surface area contributed by atoms with Gasteiger partial charge >= 0.3 is 11.9 Å². The van der Waals surface area contributed by atoms with Gasteiger partial charge in [0.2, 0.25) is 5.90 Å². The largest absolute Gasteiger partial charge is 0.466 e. The molecule has 0 N–H and O–H groups in total. The molecule has 0 saturated carbocycles. The predicted molar refractivity (Wildman–Crippen MR) is 98.2 cm³/mol. The molecular formula is C19H22ClNO5. The van der Waals surface area contributed by atoms with E-state index in [0.717, 1.165) is 0 Å². The van der Waals surface area contributed by atoms with Crippen molar-refractivity contribution in [2.45, 2.75) is 31.9 Å². The first-order valence-electron chi connectivity index (χ1n) is 8.02. The van der Waals surface area contributed by atoms with Gasteiger partial charge in [0, 0.05) is 5.56 Å². The average molecular weight is 380 g/mol. The lowest BCUT2D eigenvalue weighted by molar-refractivity contribution is -0.139. The van der Waals surface area contributed by atoms with Crippen LogP contribution >= 0.6 is 11.6 Å². The zero-order chi connectivity index (χ0) is 19.5. The molecule has 1 atom stereocenters. The van der Waals surface area contributed by atoms with Crippen LogP contribution in [-0.4, -0.2) is 43.5 Å². The van der Waals surface area contributed by atoms with Crippen molar-refractivity contribution < 1.29 is 23.8 Å². The van der Waals surface area contributed by atoms with Gasteiger partial charge in [0.1, 0.15) is 11.1 Å². The van der Waals surface area contributed by atoms with Crippen LogP contribution in [0.2, 0.25) is 0 Å². The van der Waals surface area contributed by atoms with Crippen molar-refractivity contribution in [3.8, 4) is 0 Å². The first-order valence-corrected chi connectivity index (χ1v) is 8.55. The molecule has 0 saturated heterocycles. The number of ether oxygens (including phenoxy) is 3. The highest BCUT2D eigenvalue weighted by Crippen LogP contribution is 2.44. The normalized spacial score (nSPS) is 21.5. The van der Waals surface area contributed by atoms with Gasteiger partial charge in [-0.05, 0) is 20.8 Å². The summed E-state index contributed by atoms with van der Waals surface area (Å²) in [6.07, 6.45) is 0. The SMILES string of the molecule is COC(=O)C1=C(C(=O)OC)C(CCl)(c2ccccc2)OC1=NC(C)(C)C. The first-order chi connectivity index (χ1) is 12.2. The van der Waals surface area contributed by atoms with Gasteiger partial charge in [-0.15, -0.1) is 11.6 Å². The third kappa shape index (κ3) is 3.60. The highest BCUT2D eigenvalue weighted by Gasteiger charge is 2.53. The highest BCUT2D eigenvalue weighted by molar-refractivity contribution is 6.26. The topological polar surface area (TPSA) is 74.2 Å². The van der Waals surface area contributed by atoms with E-state index in [2.05, 4.69) is 4.99 Å². The molecule has 0 bridgehead atoms. The third-order valence-corrected chi connectivity index (χ3v) is 4.16. The fourth-order valence-electron chi connectivity index (χ4n) is 2.70. The molecule has 140 valence electrons. The van der Waals surface area contributed by atoms with E-state index in [1.807, 2.05) is 26.8 Å². The molecule has 2 rings (SSSR count). The van der Waals surface area contributed by atoms with Gasteiger partial charge in [0.05, 0.1) is 25.6 Å². The van der Waals surface area contributed by atoms with Gasteiger partial charge in [0.25, 0.3) is 0 Å². The smallest absolute Gasteiger partial charge is 0.344 e. The zero-order valence-electron chi connectivity index (χ0n) is 15.5. The van der Waals surface area contributed by atoms with Crippen LogP contribution in [0, 0.1) is 0 Å². The van der Waals surface area contributed by atoms with Crippen LogP contribution in [0.15, 0.2) is 46.5 Å². The second kappa shape index (κ2) is 7.50. The standard InChI is InChI=1S/C19H22ClNO5/c1-18(2,3)21-15-13(16(22)24-4)14(17(23)25-5)19(11-20,26-15)12-9-7-6-8-10-12/h6-10H,11H2,1-5H3. The number of benzene rings is 1. The van der Waals surface area contributed by atoms with E-state index in [1.165, 1.54) is 14.2 Å². The Kier molecular flexibility index (Phi) is 5.76. The number of alkyl halides is 1. The molecule has 7 heteroatoms. The van der Waals surface area contributed by atoms with Crippen LogP contribution in [0.1, 0.15) is 26.3 Å². The molecule has 1 aliphatic rings. The molecular weight excluding hydrogens is 358 g/mol. The molecule has 0 aliphatic carbocycles. The Hall–Kier alpha value is -2.34. The molecule has 1 aliphatic heterocycles. The minimum Gasteiger partial charge on any atom is -0.466 e. The van der Waals surface area contributed by atoms with Crippen molar-refractivity contribution in [1.82, 2.24) is 0 Å². The summed E-state index contributed by atoms with van der Waals surface area (Å²) in [5.41, 5.74) is -1.44. The van der Waals surface area contributed by atoms with E-state index < -0.39 is 23.1 Å². The van der Waals surface area contributed by atoms with E-state index in [-0.39, 0.29) is 22.9 Å². The number of aliphatic imine (C=N–C) groups is 1. The van der Waals surface area contributed by atoms with Gasteiger partial charge in [-0.25, -0.2) is 14.6 Å². The van der Waals surface area contributed by atoms with Crippen LogP contribution in [-0.2, 0) is 29.4 Å². The average Bonchev–Trinajstić information content (AvgIpc) is 2.94. The fraction of sp³-hybridized carbons (Fsp3) is 0.421. The molecule has 1 aromatic rings. The molecule has 6 nitrogen and oxygen atoms in total. The Morgan fingerprint density at radius 1 is 1.12 bits per heavy atom. The lowest BCUT2D eigenvalue weighted by Gasteiger charge is -2.29. The minimum atomic E-state index is -1.40. The van der Waals surface area contributed by atoms with E-state index >= 15 is 0 Å². The maximum absolute atomic E-state index is 12.6. The molecule has 0 radical (unpaired) electrons. The minimum absolute atomic E-state index is 0.00857. The summed E-state index contributed by atoms with van der Waals surface area (Å²) in [7, 11) is 2.45. The molecule has 1 heterocycles. The van der Waals surface area contributed by atoms with Crippen LogP contribution in [0.4, 0.5) is 0 Å². The highest BCUT2D eigenvalue weighted by atomic mass is 35.5. The number of nitrogens with zero attached hydrogens (tertiary/aromatic N) is 1. The van der Waals surface area contributed by atoms with E-state index in [0.29, 0.717) is 5.56 Å². The van der Waals surface area contributed by atoms with Crippen molar-refractivity contribution in [3.63, 3.8) is 0 Å². The fourth-order valence-corrected chi connectivity index (χ4v) is 3.04. The Balaban J connectivity index is 2.85. The predicted octanol–water partition coefficient (Wildman–Crippen LogP) is 2.99. The summed E-state index contributed by atoms with van der Waals surface area (Å²) >= 11 is 6.27. The van der Waals surface area contributed by atoms with Gasteiger partial charge in [0.15, 0.2) is 5.60 Å². The van der Waals surface area contributed by atoms with Crippen molar-refractivity contribution in [3.05, 3.63) is 47.0 Å². The molecule has 0 amide bonds. The third-order valence-electron chi connectivity index (χ3n) is 3.78. The Morgan fingerprint density at radius 3 is 2.15 bits per heavy atom. The number of esters is 2. The first kappa shape index (κ1) is 20.0. The monoisotopic (exact) mass is 379 g/mol. The summed E-state index contributed by atoms with van der Waals surface area (Å²) < 4.78 is 15.9.